The van der Waals surface area contributed by atoms with Crippen LogP contribution in [0.1, 0.15) is 30.4 Å². The van der Waals surface area contributed by atoms with Gasteiger partial charge in [0.05, 0.1) is 10.6 Å². The molecule has 1 fully saturated rings. The van der Waals surface area contributed by atoms with Gasteiger partial charge in [0.2, 0.25) is 15.9 Å². The minimum Gasteiger partial charge on any atom is -0.323 e. The summed E-state index contributed by atoms with van der Waals surface area (Å²) in [7, 11) is -3.58. The number of aryl methyl sites for hydroxylation is 2. The number of hydrogen-bond acceptors (Lipinski definition) is 3. The number of nitrogens with one attached hydrogen (secondary N) is 1. The topological polar surface area (TPSA) is 66.5 Å². The molecule has 8 heteroatoms. The van der Waals surface area contributed by atoms with Crippen molar-refractivity contribution >= 4 is 33.2 Å². The predicted octanol–water partition coefficient (Wildman–Crippen LogP) is 4.01. The van der Waals surface area contributed by atoms with Gasteiger partial charge in [-0.3, -0.25) is 4.79 Å². The van der Waals surface area contributed by atoms with Crippen molar-refractivity contribution in [2.45, 2.75) is 37.0 Å². The summed E-state index contributed by atoms with van der Waals surface area (Å²) in [6, 6.07) is 9.45. The fourth-order valence-electron chi connectivity index (χ4n) is 4.04. The molecule has 0 aromatic heterocycles. The van der Waals surface area contributed by atoms with Gasteiger partial charge in [0.1, 0.15) is 5.82 Å². The molecule has 0 atom stereocenters. The first-order chi connectivity index (χ1) is 13.8. The molecule has 29 heavy (non-hydrogen) atoms. The van der Waals surface area contributed by atoms with Crippen molar-refractivity contribution in [3.63, 3.8) is 0 Å². The molecule has 2 aromatic carbocycles. The number of nitrogens with zero attached hydrogens (tertiary/aromatic N) is 1. The normalized spacial score (nSPS) is 17.9. The number of carbonyl (C=O) groups is 1. The van der Waals surface area contributed by atoms with Crippen LogP contribution in [0.4, 0.5) is 10.1 Å². The number of anilines is 1. The predicted molar refractivity (Wildman–Crippen MR) is 110 cm³/mol. The van der Waals surface area contributed by atoms with Crippen molar-refractivity contribution in [3.05, 3.63) is 58.4 Å². The third-order valence-corrected chi connectivity index (χ3v) is 7.85. The first-order valence-electron chi connectivity index (χ1n) is 9.72. The monoisotopic (exact) mass is 436 g/mol. The number of rotatable bonds is 4. The fourth-order valence-corrected chi connectivity index (χ4v) is 5.72. The SMILES string of the molecule is O=C(Nc1ccc(Cl)cc1F)C1CCN(S(=O)(=O)c2ccc3c(c2)CCC3)CC1. The van der Waals surface area contributed by atoms with Gasteiger partial charge >= 0.3 is 0 Å². The molecule has 1 aliphatic carbocycles. The second-order valence-corrected chi connectivity index (χ2v) is 9.95. The Morgan fingerprint density at radius 1 is 1.07 bits per heavy atom. The summed E-state index contributed by atoms with van der Waals surface area (Å²) in [5.41, 5.74) is 2.42. The van der Waals surface area contributed by atoms with E-state index < -0.39 is 15.8 Å². The van der Waals surface area contributed by atoms with Gasteiger partial charge in [-0.15, -0.1) is 0 Å². The van der Waals surface area contributed by atoms with Crippen LogP contribution in [0.3, 0.4) is 0 Å². The average molecular weight is 437 g/mol. The van der Waals surface area contributed by atoms with Crippen molar-refractivity contribution < 1.29 is 17.6 Å². The number of benzene rings is 2. The van der Waals surface area contributed by atoms with Crippen LogP contribution in [0.5, 0.6) is 0 Å². The van der Waals surface area contributed by atoms with Gasteiger partial charge in [-0.05, 0) is 73.6 Å². The number of hydrogen-bond donors (Lipinski definition) is 1. The highest BCUT2D eigenvalue weighted by atomic mass is 35.5. The molecule has 1 heterocycles. The number of piperidine rings is 1. The maximum atomic E-state index is 13.9. The summed E-state index contributed by atoms with van der Waals surface area (Å²) in [4.78, 5) is 12.8. The first kappa shape index (κ1) is 20.3. The number of sulfonamides is 1. The van der Waals surface area contributed by atoms with Gasteiger partial charge in [-0.25, -0.2) is 12.8 Å². The highest BCUT2D eigenvalue weighted by molar-refractivity contribution is 7.89. The molecule has 2 aliphatic rings. The van der Waals surface area contributed by atoms with E-state index in [-0.39, 0.29) is 35.6 Å². The Balaban J connectivity index is 1.40. The smallest absolute Gasteiger partial charge is 0.243 e. The molecule has 0 spiro atoms. The van der Waals surface area contributed by atoms with E-state index >= 15 is 0 Å². The Kier molecular flexibility index (Phi) is 5.64. The summed E-state index contributed by atoms with van der Waals surface area (Å²) in [6.07, 6.45) is 3.77. The maximum Gasteiger partial charge on any atom is 0.243 e. The molecule has 1 amide bonds. The number of fused-ring (bicyclic) bond motifs is 1. The number of amides is 1. The molecule has 4 rings (SSSR count). The van der Waals surface area contributed by atoms with E-state index in [9.17, 15) is 17.6 Å². The van der Waals surface area contributed by atoms with Crippen LogP contribution in [0.25, 0.3) is 0 Å². The van der Waals surface area contributed by atoms with Gasteiger partial charge in [0.15, 0.2) is 0 Å². The van der Waals surface area contributed by atoms with Crippen molar-refractivity contribution in [2.24, 2.45) is 5.92 Å². The highest BCUT2D eigenvalue weighted by Crippen LogP contribution is 2.29. The van der Waals surface area contributed by atoms with Gasteiger partial charge in [0, 0.05) is 24.0 Å². The summed E-state index contributed by atoms with van der Waals surface area (Å²) in [5, 5.41) is 2.84. The molecule has 1 saturated heterocycles. The zero-order chi connectivity index (χ0) is 20.6. The third-order valence-electron chi connectivity index (χ3n) is 5.72. The van der Waals surface area contributed by atoms with E-state index in [1.165, 1.54) is 22.0 Å². The Hall–Kier alpha value is -1.96. The quantitative estimate of drug-likeness (QED) is 0.787. The van der Waals surface area contributed by atoms with Gasteiger partial charge in [-0.2, -0.15) is 4.31 Å². The standard InChI is InChI=1S/C21H22ClFN2O3S/c22-17-5-7-20(19(23)13-17)24-21(26)15-8-10-25(11-9-15)29(27,28)18-6-4-14-2-1-3-16(14)12-18/h4-7,12-13,15H,1-3,8-11H2,(H,24,26). The van der Waals surface area contributed by atoms with Gasteiger partial charge in [-0.1, -0.05) is 17.7 Å². The third kappa shape index (κ3) is 4.17. The zero-order valence-electron chi connectivity index (χ0n) is 15.8. The lowest BCUT2D eigenvalue weighted by atomic mass is 9.97. The van der Waals surface area contributed by atoms with E-state index in [0.29, 0.717) is 17.7 Å². The second kappa shape index (κ2) is 8.05. The Morgan fingerprint density at radius 2 is 1.79 bits per heavy atom. The number of halogens is 2. The largest absolute Gasteiger partial charge is 0.323 e. The molecular formula is C21H22ClFN2O3S. The van der Waals surface area contributed by atoms with Crippen LogP contribution in [-0.2, 0) is 27.7 Å². The fraction of sp³-hybridized carbons (Fsp3) is 0.381. The molecule has 2 aromatic rings. The Labute approximate surface area is 174 Å². The summed E-state index contributed by atoms with van der Waals surface area (Å²) >= 11 is 5.73. The minimum absolute atomic E-state index is 0.0765. The van der Waals surface area contributed by atoms with Gasteiger partial charge in [0.25, 0.3) is 0 Å². The van der Waals surface area contributed by atoms with Gasteiger partial charge < -0.3 is 5.32 Å². The Morgan fingerprint density at radius 3 is 2.52 bits per heavy atom. The Bertz CT molecular complexity index is 1050. The summed E-state index contributed by atoms with van der Waals surface area (Å²) in [6.45, 7) is 0.529. The van der Waals surface area contributed by atoms with Crippen LogP contribution < -0.4 is 5.32 Å². The van der Waals surface area contributed by atoms with E-state index in [1.807, 2.05) is 6.07 Å². The minimum atomic E-state index is -3.58. The lowest BCUT2D eigenvalue weighted by Crippen LogP contribution is -2.41. The molecule has 1 N–H and O–H groups in total. The zero-order valence-corrected chi connectivity index (χ0v) is 17.4. The van der Waals surface area contributed by atoms with Crippen molar-refractivity contribution in [3.8, 4) is 0 Å². The molecule has 1 aliphatic heterocycles. The van der Waals surface area contributed by atoms with E-state index in [1.54, 1.807) is 12.1 Å². The summed E-state index contributed by atoms with van der Waals surface area (Å²) < 4.78 is 41.3. The second-order valence-electron chi connectivity index (χ2n) is 7.58. The molecule has 0 saturated carbocycles. The van der Waals surface area contributed by atoms with Crippen molar-refractivity contribution in [1.82, 2.24) is 4.31 Å². The summed E-state index contributed by atoms with van der Waals surface area (Å²) in [5.74, 6) is -1.26. The van der Waals surface area contributed by atoms with Crippen LogP contribution in [0.2, 0.25) is 5.02 Å². The van der Waals surface area contributed by atoms with E-state index in [0.717, 1.165) is 30.9 Å². The maximum absolute atomic E-state index is 13.9. The molecule has 0 unspecified atom stereocenters. The molecule has 0 bridgehead atoms. The van der Waals surface area contributed by atoms with E-state index in [2.05, 4.69) is 5.32 Å². The van der Waals surface area contributed by atoms with Crippen LogP contribution in [0.15, 0.2) is 41.3 Å². The molecular weight excluding hydrogens is 415 g/mol. The van der Waals surface area contributed by atoms with Crippen LogP contribution in [-0.4, -0.2) is 31.7 Å². The first-order valence-corrected chi connectivity index (χ1v) is 11.5. The van der Waals surface area contributed by atoms with E-state index in [4.69, 9.17) is 11.6 Å². The lowest BCUT2D eigenvalue weighted by Gasteiger charge is -2.30. The van der Waals surface area contributed by atoms with Crippen molar-refractivity contribution in [1.29, 1.82) is 0 Å². The average Bonchev–Trinajstić information content (AvgIpc) is 3.18. The van der Waals surface area contributed by atoms with Crippen LogP contribution in [0, 0.1) is 11.7 Å². The molecule has 5 nitrogen and oxygen atoms in total. The molecule has 154 valence electrons. The number of carbonyl (C=O) groups excluding carboxylic acids is 1. The van der Waals surface area contributed by atoms with Crippen LogP contribution >= 0.6 is 11.6 Å². The highest BCUT2D eigenvalue weighted by Gasteiger charge is 2.32. The van der Waals surface area contributed by atoms with Crippen molar-refractivity contribution in [2.75, 3.05) is 18.4 Å². The molecule has 0 radical (unpaired) electrons. The lowest BCUT2D eigenvalue weighted by molar-refractivity contribution is -0.120.